The normalized spacial score (nSPS) is 12.3. The van der Waals surface area contributed by atoms with Crippen molar-refractivity contribution in [2.45, 2.75) is 37.9 Å². The number of nitrogens with one attached hydrogen (secondary N) is 1. The predicted molar refractivity (Wildman–Crippen MR) is 138 cm³/mol. The van der Waals surface area contributed by atoms with E-state index >= 15 is 0 Å². The van der Waals surface area contributed by atoms with Crippen molar-refractivity contribution < 1.29 is 27.9 Å². The van der Waals surface area contributed by atoms with Crippen LogP contribution in [0.1, 0.15) is 46.9 Å². The molecule has 196 valence electrons. The SMILES string of the molecule is O=C(O)CCCCc1nc2cc(C(=O)N[C@H](c3ccccc3)C(F)(F)F)ccc2nc1-c1ccc(Cl)cc1. The van der Waals surface area contributed by atoms with E-state index in [0.717, 1.165) is 5.56 Å². The number of hydrogen-bond donors (Lipinski definition) is 2. The standard InChI is InChI=1S/C28H23ClF3N3O3/c29-20-13-10-17(11-14-20)25-22(8-4-5-9-24(36)37)33-23-16-19(12-15-21(23)34-25)27(38)35-26(28(30,31)32)18-6-2-1-3-7-18/h1-3,6-7,10-16,26H,4-5,8-9H2,(H,35,38)(H,36,37)/t26-/m1/s1. The number of aliphatic carboxylic acids is 1. The summed E-state index contributed by atoms with van der Waals surface area (Å²) in [5.41, 5.74) is 2.65. The average Bonchev–Trinajstić information content (AvgIpc) is 2.89. The van der Waals surface area contributed by atoms with Crippen molar-refractivity contribution in [3.05, 3.63) is 94.6 Å². The van der Waals surface area contributed by atoms with Crippen LogP contribution in [0.25, 0.3) is 22.3 Å². The number of carbonyl (C=O) groups excluding carboxylic acids is 1. The highest BCUT2D eigenvalue weighted by atomic mass is 35.5. The van der Waals surface area contributed by atoms with Gasteiger partial charge in [-0.3, -0.25) is 9.59 Å². The molecule has 0 aliphatic heterocycles. The molecule has 4 rings (SSSR count). The summed E-state index contributed by atoms with van der Waals surface area (Å²) in [6.45, 7) is 0. The van der Waals surface area contributed by atoms with Gasteiger partial charge in [-0.1, -0.05) is 54.1 Å². The van der Waals surface area contributed by atoms with Crippen LogP contribution in [-0.2, 0) is 11.2 Å². The van der Waals surface area contributed by atoms with Crippen molar-refractivity contribution in [1.29, 1.82) is 0 Å². The van der Waals surface area contributed by atoms with Crippen molar-refractivity contribution in [1.82, 2.24) is 15.3 Å². The fourth-order valence-electron chi connectivity index (χ4n) is 4.03. The lowest BCUT2D eigenvalue weighted by Gasteiger charge is -2.22. The molecule has 38 heavy (non-hydrogen) atoms. The summed E-state index contributed by atoms with van der Waals surface area (Å²) < 4.78 is 41.2. The van der Waals surface area contributed by atoms with Crippen LogP contribution in [-0.4, -0.2) is 33.1 Å². The number of carbonyl (C=O) groups is 2. The lowest BCUT2D eigenvalue weighted by molar-refractivity contribution is -0.155. The maximum absolute atomic E-state index is 13.7. The number of halogens is 4. The fraction of sp³-hybridized carbons (Fsp3) is 0.214. The van der Waals surface area contributed by atoms with Gasteiger partial charge in [0.25, 0.3) is 5.91 Å². The second kappa shape index (κ2) is 11.6. The highest BCUT2D eigenvalue weighted by Crippen LogP contribution is 2.33. The zero-order chi connectivity index (χ0) is 27.3. The smallest absolute Gasteiger partial charge is 0.412 e. The first-order valence-corrected chi connectivity index (χ1v) is 12.2. The van der Waals surface area contributed by atoms with Crippen molar-refractivity contribution in [3.63, 3.8) is 0 Å². The minimum atomic E-state index is -4.69. The van der Waals surface area contributed by atoms with Gasteiger partial charge in [-0.2, -0.15) is 13.2 Å². The van der Waals surface area contributed by atoms with E-state index in [1.54, 1.807) is 30.3 Å². The van der Waals surface area contributed by atoms with E-state index in [0.29, 0.717) is 46.7 Å². The molecule has 0 radical (unpaired) electrons. The first-order chi connectivity index (χ1) is 18.1. The molecule has 1 amide bonds. The maximum atomic E-state index is 13.7. The lowest BCUT2D eigenvalue weighted by Crippen LogP contribution is -2.38. The second-order valence-electron chi connectivity index (χ2n) is 8.69. The molecule has 0 saturated heterocycles. The van der Waals surface area contributed by atoms with Gasteiger partial charge in [-0.25, -0.2) is 9.97 Å². The molecule has 1 heterocycles. The minimum absolute atomic E-state index is 0.00745. The Kier molecular flexibility index (Phi) is 8.26. The van der Waals surface area contributed by atoms with Crippen LogP contribution in [0, 0.1) is 0 Å². The molecule has 0 unspecified atom stereocenters. The number of benzene rings is 3. The maximum Gasteiger partial charge on any atom is 0.412 e. The first kappa shape index (κ1) is 27.1. The highest BCUT2D eigenvalue weighted by molar-refractivity contribution is 6.30. The van der Waals surface area contributed by atoms with Gasteiger partial charge in [0.05, 0.1) is 22.4 Å². The topological polar surface area (TPSA) is 92.2 Å². The number of carboxylic acids is 1. The van der Waals surface area contributed by atoms with Gasteiger partial charge in [-0.05, 0) is 55.2 Å². The molecule has 1 atom stereocenters. The van der Waals surface area contributed by atoms with E-state index in [9.17, 15) is 22.8 Å². The summed E-state index contributed by atoms with van der Waals surface area (Å²) in [6, 6.07) is 16.4. The Bertz CT molecular complexity index is 1450. The van der Waals surface area contributed by atoms with Crippen molar-refractivity contribution in [2.24, 2.45) is 0 Å². The van der Waals surface area contributed by atoms with Gasteiger partial charge in [-0.15, -0.1) is 0 Å². The van der Waals surface area contributed by atoms with Crippen molar-refractivity contribution >= 4 is 34.5 Å². The number of carboxylic acid groups (broad SMARTS) is 1. The minimum Gasteiger partial charge on any atom is -0.481 e. The third-order valence-corrected chi connectivity index (χ3v) is 6.16. The Morgan fingerprint density at radius 3 is 2.29 bits per heavy atom. The van der Waals surface area contributed by atoms with Gasteiger partial charge < -0.3 is 10.4 Å². The molecule has 6 nitrogen and oxygen atoms in total. The van der Waals surface area contributed by atoms with Crippen LogP contribution < -0.4 is 5.32 Å². The molecule has 0 aliphatic rings. The van der Waals surface area contributed by atoms with Crippen LogP contribution >= 0.6 is 11.6 Å². The molecule has 4 aromatic rings. The molecule has 0 fully saturated rings. The predicted octanol–water partition coefficient (Wildman–Crippen LogP) is 6.78. The summed E-state index contributed by atoms with van der Waals surface area (Å²) in [5, 5.41) is 11.6. The van der Waals surface area contributed by atoms with Crippen LogP contribution in [0.3, 0.4) is 0 Å². The number of amides is 1. The van der Waals surface area contributed by atoms with E-state index in [1.165, 1.54) is 42.5 Å². The molecular formula is C28H23ClF3N3O3. The lowest BCUT2D eigenvalue weighted by atomic mass is 10.0. The van der Waals surface area contributed by atoms with Gasteiger partial charge in [0, 0.05) is 22.6 Å². The second-order valence-corrected chi connectivity index (χ2v) is 9.13. The zero-order valence-corrected chi connectivity index (χ0v) is 20.8. The monoisotopic (exact) mass is 541 g/mol. The summed E-state index contributed by atoms with van der Waals surface area (Å²) >= 11 is 6.02. The van der Waals surface area contributed by atoms with Crippen LogP contribution in [0.2, 0.25) is 5.02 Å². The van der Waals surface area contributed by atoms with Crippen LogP contribution in [0.5, 0.6) is 0 Å². The van der Waals surface area contributed by atoms with Crippen LogP contribution in [0.15, 0.2) is 72.8 Å². The van der Waals surface area contributed by atoms with E-state index < -0.39 is 24.1 Å². The fourth-order valence-corrected chi connectivity index (χ4v) is 4.15. The van der Waals surface area contributed by atoms with E-state index in [1.807, 2.05) is 0 Å². The van der Waals surface area contributed by atoms with E-state index in [-0.39, 0.29) is 17.5 Å². The summed E-state index contributed by atoms with van der Waals surface area (Å²) in [4.78, 5) is 33.1. The summed E-state index contributed by atoms with van der Waals surface area (Å²) in [7, 11) is 0. The molecule has 10 heteroatoms. The van der Waals surface area contributed by atoms with Gasteiger partial charge >= 0.3 is 12.1 Å². The zero-order valence-electron chi connectivity index (χ0n) is 20.0. The molecular weight excluding hydrogens is 519 g/mol. The summed E-state index contributed by atoms with van der Waals surface area (Å²) in [6.07, 6.45) is -3.27. The van der Waals surface area contributed by atoms with Crippen molar-refractivity contribution in [2.75, 3.05) is 0 Å². The Morgan fingerprint density at radius 1 is 0.921 bits per heavy atom. The third kappa shape index (κ3) is 6.66. The average molecular weight is 542 g/mol. The molecule has 1 aromatic heterocycles. The Morgan fingerprint density at radius 2 is 1.63 bits per heavy atom. The van der Waals surface area contributed by atoms with E-state index in [4.69, 9.17) is 21.7 Å². The van der Waals surface area contributed by atoms with E-state index in [2.05, 4.69) is 10.3 Å². The number of hydrogen-bond acceptors (Lipinski definition) is 4. The quantitative estimate of drug-likeness (QED) is 0.228. The first-order valence-electron chi connectivity index (χ1n) is 11.8. The molecule has 0 aliphatic carbocycles. The Labute approximate surface area is 221 Å². The molecule has 0 spiro atoms. The number of rotatable bonds is 9. The molecule has 3 aromatic carbocycles. The molecule has 2 N–H and O–H groups in total. The van der Waals surface area contributed by atoms with Gasteiger partial charge in [0.2, 0.25) is 0 Å². The number of fused-ring (bicyclic) bond motifs is 1. The third-order valence-electron chi connectivity index (χ3n) is 5.91. The van der Waals surface area contributed by atoms with Crippen molar-refractivity contribution in [3.8, 4) is 11.3 Å². The Hall–Kier alpha value is -3.98. The highest BCUT2D eigenvalue weighted by Gasteiger charge is 2.42. The number of alkyl halides is 3. The number of aromatic nitrogens is 2. The Balaban J connectivity index is 1.67. The summed E-state index contributed by atoms with van der Waals surface area (Å²) in [5.74, 6) is -1.79. The number of unbranched alkanes of at least 4 members (excludes halogenated alkanes) is 1. The van der Waals surface area contributed by atoms with Crippen LogP contribution in [0.4, 0.5) is 13.2 Å². The number of aryl methyl sites for hydroxylation is 1. The van der Waals surface area contributed by atoms with Gasteiger partial charge in [0.1, 0.15) is 0 Å². The van der Waals surface area contributed by atoms with Gasteiger partial charge in [0.15, 0.2) is 6.04 Å². The molecule has 0 saturated carbocycles. The molecule has 0 bridgehead atoms. The largest absolute Gasteiger partial charge is 0.481 e. The number of nitrogens with zero attached hydrogens (tertiary/aromatic N) is 2.